The van der Waals surface area contributed by atoms with E-state index in [0.29, 0.717) is 6.54 Å². The lowest BCUT2D eigenvalue weighted by atomic mass is 10.1. The molecular formula is C14H13N7O. The van der Waals surface area contributed by atoms with Crippen LogP contribution in [0.2, 0.25) is 0 Å². The van der Waals surface area contributed by atoms with Crippen molar-refractivity contribution in [2.24, 2.45) is 0 Å². The number of nitrogens with one attached hydrogen (secondary N) is 1. The molecule has 2 heterocycles. The summed E-state index contributed by atoms with van der Waals surface area (Å²) in [5, 5.41) is 13.3. The molecule has 0 fully saturated rings. The minimum atomic E-state index is -0.188. The van der Waals surface area contributed by atoms with Gasteiger partial charge in [-0.05, 0) is 16.5 Å². The normalized spacial score (nSPS) is 10.4. The zero-order chi connectivity index (χ0) is 15.2. The van der Waals surface area contributed by atoms with Crippen molar-refractivity contribution < 1.29 is 4.79 Å². The number of tetrazole rings is 1. The van der Waals surface area contributed by atoms with E-state index in [2.05, 4.69) is 30.8 Å². The highest BCUT2D eigenvalue weighted by atomic mass is 16.2. The molecule has 1 amide bonds. The van der Waals surface area contributed by atoms with Gasteiger partial charge in [-0.25, -0.2) is 14.6 Å². The van der Waals surface area contributed by atoms with Gasteiger partial charge in [0.25, 0.3) is 0 Å². The zero-order valence-corrected chi connectivity index (χ0v) is 11.6. The molecule has 0 spiro atoms. The van der Waals surface area contributed by atoms with Crippen LogP contribution in [0.1, 0.15) is 5.69 Å². The molecular weight excluding hydrogens is 282 g/mol. The zero-order valence-electron chi connectivity index (χ0n) is 11.6. The van der Waals surface area contributed by atoms with Crippen molar-refractivity contribution in [2.75, 3.05) is 0 Å². The lowest BCUT2D eigenvalue weighted by Gasteiger charge is -2.06. The molecule has 8 nitrogen and oxygen atoms in total. The van der Waals surface area contributed by atoms with Crippen molar-refractivity contribution in [3.05, 3.63) is 54.7 Å². The molecule has 0 bridgehead atoms. The van der Waals surface area contributed by atoms with Gasteiger partial charge in [0.05, 0.1) is 17.9 Å². The second kappa shape index (κ2) is 6.53. The molecule has 0 aliphatic heterocycles. The molecule has 0 aliphatic carbocycles. The highest BCUT2D eigenvalue weighted by Gasteiger charge is 2.06. The van der Waals surface area contributed by atoms with E-state index in [1.165, 1.54) is 17.3 Å². The van der Waals surface area contributed by atoms with Crippen LogP contribution in [0.15, 0.2) is 49.1 Å². The Morgan fingerprint density at radius 3 is 2.82 bits per heavy atom. The van der Waals surface area contributed by atoms with Crippen LogP contribution in [-0.4, -0.2) is 36.1 Å². The van der Waals surface area contributed by atoms with Gasteiger partial charge in [-0.1, -0.05) is 30.3 Å². The summed E-state index contributed by atoms with van der Waals surface area (Å²) in [4.78, 5) is 20.2. The van der Waals surface area contributed by atoms with Gasteiger partial charge in [-0.3, -0.25) is 4.79 Å². The van der Waals surface area contributed by atoms with Crippen molar-refractivity contribution in [3.8, 4) is 11.3 Å². The summed E-state index contributed by atoms with van der Waals surface area (Å²) < 4.78 is 1.35. The largest absolute Gasteiger partial charge is 0.349 e. The average Bonchev–Trinajstić information content (AvgIpc) is 3.07. The Bertz CT molecular complexity index is 743. The van der Waals surface area contributed by atoms with Crippen molar-refractivity contribution in [2.45, 2.75) is 13.1 Å². The van der Waals surface area contributed by atoms with Crippen LogP contribution in [0.3, 0.4) is 0 Å². The molecule has 0 saturated heterocycles. The second-order valence-corrected chi connectivity index (χ2v) is 4.54. The van der Waals surface area contributed by atoms with Gasteiger partial charge in [-0.15, -0.1) is 5.10 Å². The van der Waals surface area contributed by atoms with Gasteiger partial charge >= 0.3 is 0 Å². The monoisotopic (exact) mass is 295 g/mol. The molecule has 3 rings (SSSR count). The van der Waals surface area contributed by atoms with E-state index in [1.54, 1.807) is 0 Å². The molecule has 110 valence electrons. The highest BCUT2D eigenvalue weighted by molar-refractivity contribution is 5.75. The Balaban J connectivity index is 1.62. The van der Waals surface area contributed by atoms with Crippen LogP contribution >= 0.6 is 0 Å². The fourth-order valence-electron chi connectivity index (χ4n) is 1.91. The van der Waals surface area contributed by atoms with E-state index in [9.17, 15) is 4.79 Å². The number of rotatable bonds is 5. The van der Waals surface area contributed by atoms with Crippen LogP contribution < -0.4 is 5.32 Å². The van der Waals surface area contributed by atoms with Crippen LogP contribution in [0.4, 0.5) is 0 Å². The number of nitrogens with zero attached hydrogens (tertiary/aromatic N) is 6. The fraction of sp³-hybridized carbons (Fsp3) is 0.143. The maximum Gasteiger partial charge on any atom is 0.242 e. The van der Waals surface area contributed by atoms with E-state index in [0.717, 1.165) is 17.0 Å². The average molecular weight is 295 g/mol. The van der Waals surface area contributed by atoms with Gasteiger partial charge in [0.1, 0.15) is 19.2 Å². The molecule has 22 heavy (non-hydrogen) atoms. The molecule has 0 aliphatic rings. The van der Waals surface area contributed by atoms with E-state index >= 15 is 0 Å². The smallest absolute Gasteiger partial charge is 0.242 e. The number of amides is 1. The van der Waals surface area contributed by atoms with Crippen molar-refractivity contribution >= 4 is 5.91 Å². The predicted molar refractivity (Wildman–Crippen MR) is 77.1 cm³/mol. The van der Waals surface area contributed by atoms with Crippen molar-refractivity contribution in [3.63, 3.8) is 0 Å². The van der Waals surface area contributed by atoms with Crippen LogP contribution in [0, 0.1) is 0 Å². The van der Waals surface area contributed by atoms with Crippen LogP contribution in [0.5, 0.6) is 0 Å². The first-order valence-electron chi connectivity index (χ1n) is 6.65. The number of hydrogen-bond acceptors (Lipinski definition) is 6. The van der Waals surface area contributed by atoms with Crippen LogP contribution in [0.25, 0.3) is 11.3 Å². The number of carbonyl (C=O) groups is 1. The Kier molecular flexibility index (Phi) is 4.10. The predicted octanol–water partition coefficient (Wildman–Crippen LogP) is 0.446. The lowest BCUT2D eigenvalue weighted by molar-refractivity contribution is -0.122. The standard InChI is InChI=1S/C14H13N7O/c22-14(8-21-10-18-19-20-21)15-7-12-6-13(17-9-16-12)11-4-2-1-3-5-11/h1-6,9-10H,7-8H2,(H,15,22). The Labute approximate surface area is 126 Å². The number of hydrogen-bond donors (Lipinski definition) is 1. The topological polar surface area (TPSA) is 98.5 Å². The summed E-state index contributed by atoms with van der Waals surface area (Å²) in [6.07, 6.45) is 2.88. The summed E-state index contributed by atoms with van der Waals surface area (Å²) >= 11 is 0. The summed E-state index contributed by atoms with van der Waals surface area (Å²) in [6.45, 7) is 0.396. The number of benzene rings is 1. The third-order valence-corrected chi connectivity index (χ3v) is 2.96. The van der Waals surface area contributed by atoms with Crippen LogP contribution in [-0.2, 0) is 17.9 Å². The maximum atomic E-state index is 11.8. The second-order valence-electron chi connectivity index (χ2n) is 4.54. The number of carbonyl (C=O) groups excluding carboxylic acids is 1. The summed E-state index contributed by atoms with van der Waals surface area (Å²) in [7, 11) is 0. The first kappa shape index (κ1) is 13.8. The molecule has 1 N–H and O–H groups in total. The maximum absolute atomic E-state index is 11.8. The molecule has 0 radical (unpaired) electrons. The molecule has 1 aromatic carbocycles. The number of aromatic nitrogens is 6. The van der Waals surface area contributed by atoms with Gasteiger partial charge in [0, 0.05) is 5.56 Å². The van der Waals surface area contributed by atoms with E-state index < -0.39 is 0 Å². The summed E-state index contributed by atoms with van der Waals surface area (Å²) in [5.74, 6) is -0.188. The Hall–Kier alpha value is -3.16. The van der Waals surface area contributed by atoms with Crippen molar-refractivity contribution in [1.82, 2.24) is 35.5 Å². The molecule has 3 aromatic rings. The quantitative estimate of drug-likeness (QED) is 0.733. The lowest BCUT2D eigenvalue weighted by Crippen LogP contribution is -2.27. The molecule has 0 atom stereocenters. The highest BCUT2D eigenvalue weighted by Crippen LogP contribution is 2.15. The van der Waals surface area contributed by atoms with Gasteiger partial charge in [-0.2, -0.15) is 0 Å². The van der Waals surface area contributed by atoms with E-state index in [4.69, 9.17) is 0 Å². The summed E-state index contributed by atoms with van der Waals surface area (Å²) in [5.41, 5.74) is 2.56. The Morgan fingerprint density at radius 2 is 2.05 bits per heavy atom. The van der Waals surface area contributed by atoms with Gasteiger partial charge in [0.2, 0.25) is 5.91 Å². The SMILES string of the molecule is O=C(Cn1cnnn1)NCc1cc(-c2ccccc2)ncn1. The van der Waals surface area contributed by atoms with E-state index in [1.807, 2.05) is 36.4 Å². The minimum Gasteiger partial charge on any atom is -0.349 e. The first-order chi connectivity index (χ1) is 10.8. The molecule has 8 heteroatoms. The third-order valence-electron chi connectivity index (χ3n) is 2.96. The third kappa shape index (κ3) is 3.48. The molecule has 0 unspecified atom stereocenters. The Morgan fingerprint density at radius 1 is 1.18 bits per heavy atom. The summed E-state index contributed by atoms with van der Waals surface area (Å²) in [6, 6.07) is 11.7. The minimum absolute atomic E-state index is 0.0730. The van der Waals surface area contributed by atoms with Crippen molar-refractivity contribution in [1.29, 1.82) is 0 Å². The van der Waals surface area contributed by atoms with Gasteiger partial charge in [0.15, 0.2) is 0 Å². The van der Waals surface area contributed by atoms with E-state index in [-0.39, 0.29) is 12.5 Å². The fourth-order valence-corrected chi connectivity index (χ4v) is 1.91. The van der Waals surface area contributed by atoms with Gasteiger partial charge < -0.3 is 5.32 Å². The molecule has 0 saturated carbocycles. The first-order valence-corrected chi connectivity index (χ1v) is 6.65. The molecule has 2 aromatic heterocycles.